The lowest BCUT2D eigenvalue weighted by Crippen LogP contribution is -2.42. The molecule has 2 atom stereocenters. The quantitative estimate of drug-likeness (QED) is 0.455. The summed E-state index contributed by atoms with van der Waals surface area (Å²) in [6, 6.07) is 10.2. The van der Waals surface area contributed by atoms with Gasteiger partial charge < -0.3 is 9.53 Å². The van der Waals surface area contributed by atoms with E-state index in [1.165, 1.54) is 5.56 Å². The number of thioether (sulfide) groups is 2. The Labute approximate surface area is 186 Å². The van der Waals surface area contributed by atoms with Gasteiger partial charge in [-0.15, -0.1) is 23.5 Å². The summed E-state index contributed by atoms with van der Waals surface area (Å²) in [4.78, 5) is 13.3. The molecule has 1 aliphatic heterocycles. The standard InChI is InChI=1S/C23H38O3S2Si/c1-23(2,3)29(4,5)26-15-14-19(21(25)22-27-16-9-17-28-22)20(24)13-12-18-10-7-6-8-11-18/h6-8,10-11,19-20,22,24H,9,12-17H2,1-5H3. The maximum absolute atomic E-state index is 13.3. The molecule has 0 bridgehead atoms. The SMILES string of the molecule is CC(C)(C)[Si](C)(C)OCCC(C(=O)C1SCCCS1)C(O)CCc1ccccc1. The first kappa shape index (κ1) is 25.0. The molecule has 1 aliphatic rings. The molecule has 0 radical (unpaired) electrons. The minimum absolute atomic E-state index is 0.0343. The first-order chi connectivity index (χ1) is 13.6. The average Bonchev–Trinajstić information content (AvgIpc) is 2.69. The van der Waals surface area contributed by atoms with Crippen LogP contribution in [-0.4, -0.2) is 48.0 Å². The molecule has 2 unspecified atom stereocenters. The van der Waals surface area contributed by atoms with Gasteiger partial charge in [0.05, 0.1) is 6.10 Å². The van der Waals surface area contributed by atoms with Crippen LogP contribution in [0.4, 0.5) is 0 Å². The number of aryl methyl sites for hydroxylation is 1. The van der Waals surface area contributed by atoms with E-state index in [1.807, 2.05) is 18.2 Å². The zero-order valence-corrected chi connectivity index (χ0v) is 21.3. The zero-order valence-electron chi connectivity index (χ0n) is 18.6. The second-order valence-electron chi connectivity index (χ2n) is 9.42. The van der Waals surface area contributed by atoms with Crippen molar-refractivity contribution >= 4 is 37.6 Å². The molecule has 0 spiro atoms. The van der Waals surface area contributed by atoms with Crippen LogP contribution in [-0.2, 0) is 15.6 Å². The van der Waals surface area contributed by atoms with E-state index < -0.39 is 14.4 Å². The van der Waals surface area contributed by atoms with Crippen LogP contribution in [0.5, 0.6) is 0 Å². The summed E-state index contributed by atoms with van der Waals surface area (Å²) >= 11 is 3.49. The number of carbonyl (C=O) groups is 1. The van der Waals surface area contributed by atoms with Crippen LogP contribution in [0.2, 0.25) is 18.1 Å². The summed E-state index contributed by atoms with van der Waals surface area (Å²) in [5.74, 6) is 1.94. The third kappa shape index (κ3) is 7.73. The van der Waals surface area contributed by atoms with Crippen molar-refractivity contribution in [2.75, 3.05) is 18.1 Å². The fourth-order valence-electron chi connectivity index (χ4n) is 3.17. The normalized spacial score (nSPS) is 18.4. The van der Waals surface area contributed by atoms with Crippen LogP contribution in [0.3, 0.4) is 0 Å². The second-order valence-corrected chi connectivity index (χ2v) is 17.0. The van der Waals surface area contributed by atoms with Gasteiger partial charge >= 0.3 is 0 Å². The monoisotopic (exact) mass is 454 g/mol. The molecule has 1 aromatic rings. The molecule has 0 saturated carbocycles. The summed E-state index contributed by atoms with van der Waals surface area (Å²) < 4.78 is 6.30. The number of hydrogen-bond donors (Lipinski definition) is 1. The smallest absolute Gasteiger partial charge is 0.191 e. The van der Waals surface area contributed by atoms with Gasteiger partial charge in [0.25, 0.3) is 0 Å². The number of aliphatic hydroxyl groups excluding tert-OH is 1. The number of benzene rings is 1. The van der Waals surface area contributed by atoms with Crippen LogP contribution >= 0.6 is 23.5 Å². The molecule has 1 saturated heterocycles. The largest absolute Gasteiger partial charge is 0.417 e. The van der Waals surface area contributed by atoms with Crippen LogP contribution in [0, 0.1) is 5.92 Å². The Kier molecular flexibility index (Phi) is 9.80. The highest BCUT2D eigenvalue weighted by molar-refractivity contribution is 8.18. The van der Waals surface area contributed by atoms with E-state index in [9.17, 15) is 9.90 Å². The molecular weight excluding hydrogens is 416 g/mol. The van der Waals surface area contributed by atoms with Crippen molar-refractivity contribution in [3.63, 3.8) is 0 Å². The highest BCUT2D eigenvalue weighted by Gasteiger charge is 2.38. The van der Waals surface area contributed by atoms with Crippen molar-refractivity contribution in [3.8, 4) is 0 Å². The zero-order chi connectivity index (χ0) is 21.5. The van der Waals surface area contributed by atoms with Gasteiger partial charge in [-0.2, -0.15) is 0 Å². The molecule has 1 N–H and O–H groups in total. The van der Waals surface area contributed by atoms with E-state index in [0.717, 1.165) is 24.3 Å². The first-order valence-corrected chi connectivity index (χ1v) is 15.8. The van der Waals surface area contributed by atoms with Gasteiger partial charge in [-0.25, -0.2) is 0 Å². The van der Waals surface area contributed by atoms with Crippen molar-refractivity contribution in [1.82, 2.24) is 0 Å². The molecule has 1 fully saturated rings. The molecule has 29 heavy (non-hydrogen) atoms. The first-order valence-electron chi connectivity index (χ1n) is 10.7. The maximum atomic E-state index is 13.3. The molecule has 1 aromatic carbocycles. The van der Waals surface area contributed by atoms with Crippen LogP contribution < -0.4 is 0 Å². The van der Waals surface area contributed by atoms with E-state index in [2.05, 4.69) is 46.0 Å². The third-order valence-corrected chi connectivity index (χ3v) is 13.6. The highest BCUT2D eigenvalue weighted by atomic mass is 32.2. The second kappa shape index (κ2) is 11.4. The molecule has 6 heteroatoms. The Hall–Kier alpha value is -0.273. The number of Topliss-reactive ketones (excluding diaryl/α,β-unsaturated/α-hetero) is 1. The number of hydrogen-bond acceptors (Lipinski definition) is 5. The number of aliphatic hydroxyl groups is 1. The van der Waals surface area contributed by atoms with Gasteiger partial charge in [0, 0.05) is 12.5 Å². The van der Waals surface area contributed by atoms with E-state index in [0.29, 0.717) is 19.4 Å². The Balaban J connectivity index is 2.00. The van der Waals surface area contributed by atoms with Crippen LogP contribution in [0.15, 0.2) is 30.3 Å². The fourth-order valence-corrected chi connectivity index (χ4v) is 7.10. The fraction of sp³-hybridized carbons (Fsp3) is 0.696. The Morgan fingerprint density at radius 1 is 1.17 bits per heavy atom. The molecule has 0 amide bonds. The van der Waals surface area contributed by atoms with Gasteiger partial charge in [0.15, 0.2) is 14.1 Å². The third-order valence-electron chi connectivity index (χ3n) is 6.16. The van der Waals surface area contributed by atoms with Crippen molar-refractivity contribution < 1.29 is 14.3 Å². The predicted molar refractivity (Wildman–Crippen MR) is 130 cm³/mol. The summed E-state index contributed by atoms with van der Waals surface area (Å²) in [7, 11) is -1.86. The molecule has 1 heterocycles. The van der Waals surface area contributed by atoms with Gasteiger partial charge in [-0.05, 0) is 60.9 Å². The number of rotatable bonds is 10. The van der Waals surface area contributed by atoms with Crippen molar-refractivity contribution in [3.05, 3.63) is 35.9 Å². The summed E-state index contributed by atoms with van der Waals surface area (Å²) in [5, 5.41) is 11.1. The lowest BCUT2D eigenvalue weighted by molar-refractivity contribution is -0.125. The maximum Gasteiger partial charge on any atom is 0.191 e. The van der Waals surface area contributed by atoms with Gasteiger partial charge in [0.2, 0.25) is 0 Å². The Bertz CT molecular complexity index is 625. The number of ketones is 1. The number of carbonyl (C=O) groups excluding carboxylic acids is 1. The predicted octanol–water partition coefficient (Wildman–Crippen LogP) is 5.77. The molecule has 0 aromatic heterocycles. The lowest BCUT2D eigenvalue weighted by atomic mass is 9.90. The van der Waals surface area contributed by atoms with E-state index in [1.54, 1.807) is 23.5 Å². The van der Waals surface area contributed by atoms with Crippen molar-refractivity contribution in [1.29, 1.82) is 0 Å². The van der Waals surface area contributed by atoms with E-state index >= 15 is 0 Å². The van der Waals surface area contributed by atoms with Gasteiger partial charge in [0.1, 0.15) is 4.58 Å². The van der Waals surface area contributed by atoms with Crippen LogP contribution in [0.1, 0.15) is 45.6 Å². The molecule has 3 nitrogen and oxygen atoms in total. The summed E-state index contributed by atoms with van der Waals surface area (Å²) in [5.41, 5.74) is 1.21. The Morgan fingerprint density at radius 2 is 1.79 bits per heavy atom. The Morgan fingerprint density at radius 3 is 2.38 bits per heavy atom. The van der Waals surface area contributed by atoms with E-state index in [4.69, 9.17) is 4.43 Å². The highest BCUT2D eigenvalue weighted by Crippen LogP contribution is 2.38. The van der Waals surface area contributed by atoms with Crippen molar-refractivity contribution in [2.24, 2.45) is 5.92 Å². The molecular formula is C23H38O3S2Si. The van der Waals surface area contributed by atoms with Gasteiger partial charge in [-0.3, -0.25) is 4.79 Å². The minimum Gasteiger partial charge on any atom is -0.417 e. The molecule has 2 rings (SSSR count). The lowest BCUT2D eigenvalue weighted by Gasteiger charge is -2.37. The minimum atomic E-state index is -1.86. The summed E-state index contributed by atoms with van der Waals surface area (Å²) in [6.45, 7) is 11.7. The van der Waals surface area contributed by atoms with Gasteiger partial charge in [-0.1, -0.05) is 51.1 Å². The van der Waals surface area contributed by atoms with E-state index in [-0.39, 0.29) is 21.3 Å². The molecule has 164 valence electrons. The van der Waals surface area contributed by atoms with Crippen molar-refractivity contribution in [2.45, 2.75) is 75.3 Å². The van der Waals surface area contributed by atoms with Crippen LogP contribution in [0.25, 0.3) is 0 Å². The average molecular weight is 455 g/mol. The topological polar surface area (TPSA) is 46.5 Å². The molecule has 0 aliphatic carbocycles. The summed E-state index contributed by atoms with van der Waals surface area (Å²) in [6.07, 6.45) is 2.56.